The molecule has 0 aromatic heterocycles. The van der Waals surface area contributed by atoms with E-state index in [1.165, 1.54) is 0 Å². The van der Waals surface area contributed by atoms with Gasteiger partial charge in [0.15, 0.2) is 0 Å². The van der Waals surface area contributed by atoms with Gasteiger partial charge in [-0.15, -0.1) is 0 Å². The third kappa shape index (κ3) is 2.02. The van der Waals surface area contributed by atoms with E-state index in [1.54, 1.807) is 0 Å². The molecule has 0 N–H and O–H groups in total. The molecule has 0 spiro atoms. The fourth-order valence-electron chi connectivity index (χ4n) is 2.60. The summed E-state index contributed by atoms with van der Waals surface area (Å²) in [5.41, 5.74) is -0.00396. The number of amides is 2. The number of urea groups is 1. The standard InChI is InChI=1S/C11H22N2O/c1-6-13-10(14)12(5)8-9(2)7-11(13,3)4/h9H,6-8H2,1-5H3. The van der Waals surface area contributed by atoms with Crippen molar-refractivity contribution in [3.05, 3.63) is 0 Å². The Morgan fingerprint density at radius 1 is 1.50 bits per heavy atom. The second-order valence-electron chi connectivity index (χ2n) is 5.03. The van der Waals surface area contributed by atoms with Crippen molar-refractivity contribution < 1.29 is 4.79 Å². The van der Waals surface area contributed by atoms with Crippen LogP contribution in [0.3, 0.4) is 0 Å². The maximum atomic E-state index is 12.0. The molecule has 1 aliphatic heterocycles. The quantitative estimate of drug-likeness (QED) is 0.633. The topological polar surface area (TPSA) is 23.6 Å². The van der Waals surface area contributed by atoms with Crippen LogP contribution in [-0.4, -0.2) is 41.5 Å². The largest absolute Gasteiger partial charge is 0.327 e. The van der Waals surface area contributed by atoms with E-state index in [0.717, 1.165) is 19.5 Å². The number of hydrogen-bond acceptors (Lipinski definition) is 1. The van der Waals surface area contributed by atoms with Crippen LogP contribution in [-0.2, 0) is 0 Å². The molecule has 0 radical (unpaired) electrons. The molecule has 1 saturated heterocycles. The number of nitrogens with zero attached hydrogens (tertiary/aromatic N) is 2. The number of rotatable bonds is 1. The Balaban J connectivity index is 2.93. The zero-order chi connectivity index (χ0) is 10.9. The molecule has 1 fully saturated rings. The Morgan fingerprint density at radius 2 is 2.07 bits per heavy atom. The van der Waals surface area contributed by atoms with Crippen molar-refractivity contribution >= 4 is 6.03 Å². The second kappa shape index (κ2) is 3.79. The van der Waals surface area contributed by atoms with Crippen molar-refractivity contribution in [2.24, 2.45) is 5.92 Å². The monoisotopic (exact) mass is 198 g/mol. The first-order valence-corrected chi connectivity index (χ1v) is 5.41. The van der Waals surface area contributed by atoms with Crippen molar-refractivity contribution in [2.45, 2.75) is 39.7 Å². The highest BCUT2D eigenvalue weighted by Gasteiger charge is 2.36. The molecule has 0 saturated carbocycles. The van der Waals surface area contributed by atoms with Gasteiger partial charge >= 0.3 is 6.03 Å². The zero-order valence-electron chi connectivity index (χ0n) is 10.0. The highest BCUT2D eigenvalue weighted by Crippen LogP contribution is 2.28. The number of carbonyl (C=O) groups is 1. The molecular formula is C11H22N2O. The van der Waals surface area contributed by atoms with E-state index in [1.807, 2.05) is 23.8 Å². The Labute approximate surface area is 87.1 Å². The first-order valence-electron chi connectivity index (χ1n) is 5.41. The van der Waals surface area contributed by atoms with E-state index < -0.39 is 0 Å². The van der Waals surface area contributed by atoms with Gasteiger partial charge in [-0.2, -0.15) is 0 Å². The number of carbonyl (C=O) groups excluding carboxylic acids is 1. The molecule has 0 aliphatic carbocycles. The Bertz CT molecular complexity index is 225. The maximum absolute atomic E-state index is 12.0. The molecule has 3 nitrogen and oxygen atoms in total. The summed E-state index contributed by atoms with van der Waals surface area (Å²) < 4.78 is 0. The molecule has 0 aromatic rings. The molecule has 1 rings (SSSR count). The first kappa shape index (κ1) is 11.3. The second-order valence-corrected chi connectivity index (χ2v) is 5.03. The van der Waals surface area contributed by atoms with E-state index in [-0.39, 0.29) is 11.6 Å². The van der Waals surface area contributed by atoms with Gasteiger partial charge in [0.1, 0.15) is 0 Å². The summed E-state index contributed by atoms with van der Waals surface area (Å²) in [5, 5.41) is 0. The molecule has 14 heavy (non-hydrogen) atoms. The molecule has 2 amide bonds. The minimum atomic E-state index is -0.00396. The van der Waals surface area contributed by atoms with Crippen LogP contribution in [0.5, 0.6) is 0 Å². The number of hydrogen-bond donors (Lipinski definition) is 0. The summed E-state index contributed by atoms with van der Waals surface area (Å²) in [4.78, 5) is 15.8. The van der Waals surface area contributed by atoms with Crippen LogP contribution in [0.2, 0.25) is 0 Å². The predicted molar refractivity (Wildman–Crippen MR) is 58.3 cm³/mol. The predicted octanol–water partition coefficient (Wildman–Crippen LogP) is 2.18. The van der Waals surface area contributed by atoms with E-state index in [0.29, 0.717) is 5.92 Å². The van der Waals surface area contributed by atoms with Gasteiger partial charge in [-0.25, -0.2) is 4.79 Å². The average molecular weight is 198 g/mol. The SMILES string of the molecule is CCN1C(=O)N(C)CC(C)CC1(C)C. The molecule has 1 atom stereocenters. The van der Waals surface area contributed by atoms with Gasteiger partial charge in [-0.3, -0.25) is 0 Å². The Kier molecular flexibility index (Phi) is 3.07. The highest BCUT2D eigenvalue weighted by atomic mass is 16.2. The molecule has 82 valence electrons. The normalized spacial score (nSPS) is 27.8. The van der Waals surface area contributed by atoms with Gasteiger partial charge < -0.3 is 9.80 Å². The van der Waals surface area contributed by atoms with Gasteiger partial charge in [0, 0.05) is 25.7 Å². The van der Waals surface area contributed by atoms with Crippen LogP contribution in [0.25, 0.3) is 0 Å². The minimum absolute atomic E-state index is 0.00396. The lowest BCUT2D eigenvalue weighted by Gasteiger charge is -2.37. The van der Waals surface area contributed by atoms with Crippen LogP contribution in [0.1, 0.15) is 34.1 Å². The molecule has 1 unspecified atom stereocenters. The van der Waals surface area contributed by atoms with Gasteiger partial charge in [0.2, 0.25) is 0 Å². The lowest BCUT2D eigenvalue weighted by atomic mass is 9.91. The molecule has 0 bridgehead atoms. The van der Waals surface area contributed by atoms with Crippen molar-refractivity contribution in [3.63, 3.8) is 0 Å². The van der Waals surface area contributed by atoms with E-state index >= 15 is 0 Å². The van der Waals surface area contributed by atoms with Gasteiger partial charge in [-0.05, 0) is 33.1 Å². The highest BCUT2D eigenvalue weighted by molar-refractivity contribution is 5.75. The van der Waals surface area contributed by atoms with Crippen molar-refractivity contribution in [3.8, 4) is 0 Å². The fourth-order valence-corrected chi connectivity index (χ4v) is 2.60. The molecule has 1 aliphatic rings. The third-order valence-electron chi connectivity index (χ3n) is 3.04. The zero-order valence-corrected chi connectivity index (χ0v) is 10.0. The maximum Gasteiger partial charge on any atom is 0.320 e. The smallest absolute Gasteiger partial charge is 0.320 e. The summed E-state index contributed by atoms with van der Waals surface area (Å²) in [6, 6.07) is 0.168. The summed E-state index contributed by atoms with van der Waals surface area (Å²) in [6.45, 7) is 10.2. The lowest BCUT2D eigenvalue weighted by molar-refractivity contribution is 0.123. The molecule has 1 heterocycles. The van der Waals surface area contributed by atoms with Gasteiger partial charge in [0.05, 0.1) is 0 Å². The summed E-state index contributed by atoms with van der Waals surface area (Å²) >= 11 is 0. The molecule has 3 heteroatoms. The third-order valence-corrected chi connectivity index (χ3v) is 3.04. The lowest BCUT2D eigenvalue weighted by Crippen LogP contribution is -2.49. The van der Waals surface area contributed by atoms with Crippen molar-refractivity contribution in [1.29, 1.82) is 0 Å². The molecule has 0 aromatic carbocycles. The van der Waals surface area contributed by atoms with E-state index in [2.05, 4.69) is 20.8 Å². The van der Waals surface area contributed by atoms with Crippen LogP contribution < -0.4 is 0 Å². The van der Waals surface area contributed by atoms with Crippen molar-refractivity contribution in [1.82, 2.24) is 9.80 Å². The fraction of sp³-hybridized carbons (Fsp3) is 0.909. The molecular weight excluding hydrogens is 176 g/mol. The van der Waals surface area contributed by atoms with Crippen molar-refractivity contribution in [2.75, 3.05) is 20.1 Å². The Hall–Kier alpha value is -0.730. The summed E-state index contributed by atoms with van der Waals surface area (Å²) in [7, 11) is 1.89. The van der Waals surface area contributed by atoms with Gasteiger partial charge in [0.25, 0.3) is 0 Å². The van der Waals surface area contributed by atoms with Crippen LogP contribution >= 0.6 is 0 Å². The van der Waals surface area contributed by atoms with E-state index in [9.17, 15) is 4.79 Å². The summed E-state index contributed by atoms with van der Waals surface area (Å²) in [6.07, 6.45) is 1.08. The first-order chi connectivity index (χ1) is 6.38. The van der Waals surface area contributed by atoms with Crippen LogP contribution in [0.4, 0.5) is 4.79 Å². The van der Waals surface area contributed by atoms with E-state index in [4.69, 9.17) is 0 Å². The minimum Gasteiger partial charge on any atom is -0.327 e. The summed E-state index contributed by atoms with van der Waals surface area (Å²) in [5.74, 6) is 0.579. The van der Waals surface area contributed by atoms with Crippen LogP contribution in [0.15, 0.2) is 0 Å². The Morgan fingerprint density at radius 3 is 2.57 bits per heavy atom. The average Bonchev–Trinajstić information content (AvgIpc) is 2.08. The van der Waals surface area contributed by atoms with Crippen LogP contribution in [0, 0.1) is 5.92 Å². The van der Waals surface area contributed by atoms with Gasteiger partial charge in [-0.1, -0.05) is 6.92 Å².